The molecule has 2 heteroatoms. The first-order valence-corrected chi connectivity index (χ1v) is 7.23. The molecule has 0 saturated carbocycles. The predicted molar refractivity (Wildman–Crippen MR) is 77.6 cm³/mol. The first-order valence-electron chi connectivity index (χ1n) is 7.23. The first kappa shape index (κ1) is 13.6. The van der Waals surface area contributed by atoms with Crippen molar-refractivity contribution in [3.8, 4) is 0 Å². The molecule has 0 bridgehead atoms. The molecule has 0 radical (unpaired) electrons. The van der Waals surface area contributed by atoms with Gasteiger partial charge in [0.1, 0.15) is 0 Å². The number of nitrogens with zero attached hydrogens (tertiary/aromatic N) is 1. The summed E-state index contributed by atoms with van der Waals surface area (Å²) in [6, 6.07) is 11.5. The molecular weight excluding hydrogens is 220 g/mol. The third-order valence-corrected chi connectivity index (χ3v) is 3.65. The molecule has 100 valence electrons. The van der Waals surface area contributed by atoms with Crippen molar-refractivity contribution in [2.75, 3.05) is 19.6 Å². The normalized spacial score (nSPS) is 18.4. The molecule has 2 nitrogen and oxygen atoms in total. The van der Waals surface area contributed by atoms with Crippen LogP contribution in [0.15, 0.2) is 30.3 Å². The van der Waals surface area contributed by atoms with E-state index in [0.717, 1.165) is 25.0 Å². The maximum Gasteiger partial charge on any atom is 0.0233 e. The first-order chi connectivity index (χ1) is 8.74. The topological polar surface area (TPSA) is 15.3 Å². The molecule has 1 fully saturated rings. The van der Waals surface area contributed by atoms with Gasteiger partial charge in [-0.1, -0.05) is 44.2 Å². The second kappa shape index (κ2) is 6.91. The summed E-state index contributed by atoms with van der Waals surface area (Å²) in [7, 11) is 0. The summed E-state index contributed by atoms with van der Waals surface area (Å²) in [5, 5.41) is 3.68. The lowest BCUT2D eigenvalue weighted by Crippen LogP contribution is -2.43. The van der Waals surface area contributed by atoms with Gasteiger partial charge in [-0.05, 0) is 44.0 Å². The van der Waals surface area contributed by atoms with Crippen LogP contribution in [0.1, 0.15) is 32.3 Å². The standard InChI is InChI=1S/C16H26N2/c1-14(2)12-17-16-8-10-18(11-9-16)13-15-6-4-3-5-7-15/h3-7,14,16-17H,8-13H2,1-2H3. The summed E-state index contributed by atoms with van der Waals surface area (Å²) < 4.78 is 0. The van der Waals surface area contributed by atoms with E-state index in [1.807, 2.05) is 0 Å². The average molecular weight is 246 g/mol. The molecule has 1 heterocycles. The van der Waals surface area contributed by atoms with Gasteiger partial charge in [-0.2, -0.15) is 0 Å². The Morgan fingerprint density at radius 2 is 1.83 bits per heavy atom. The van der Waals surface area contributed by atoms with Crippen molar-refractivity contribution in [1.29, 1.82) is 0 Å². The van der Waals surface area contributed by atoms with E-state index in [0.29, 0.717) is 0 Å². The van der Waals surface area contributed by atoms with Gasteiger partial charge in [-0.25, -0.2) is 0 Å². The van der Waals surface area contributed by atoms with E-state index < -0.39 is 0 Å². The van der Waals surface area contributed by atoms with Crippen LogP contribution >= 0.6 is 0 Å². The fourth-order valence-electron chi connectivity index (χ4n) is 2.54. The SMILES string of the molecule is CC(C)CNC1CCN(Cc2ccccc2)CC1. The van der Waals surface area contributed by atoms with E-state index in [2.05, 4.69) is 54.4 Å². The molecule has 2 rings (SSSR count). The summed E-state index contributed by atoms with van der Waals surface area (Å²) in [6.45, 7) is 9.27. The molecule has 0 atom stereocenters. The van der Waals surface area contributed by atoms with Crippen LogP contribution in [0, 0.1) is 5.92 Å². The molecule has 0 aromatic heterocycles. The minimum absolute atomic E-state index is 0.736. The molecular formula is C16H26N2. The van der Waals surface area contributed by atoms with Gasteiger partial charge in [0.25, 0.3) is 0 Å². The highest BCUT2D eigenvalue weighted by Crippen LogP contribution is 2.13. The Hall–Kier alpha value is -0.860. The molecule has 0 unspecified atom stereocenters. The maximum absolute atomic E-state index is 3.68. The van der Waals surface area contributed by atoms with Crippen molar-refractivity contribution in [3.05, 3.63) is 35.9 Å². The molecule has 0 amide bonds. The Balaban J connectivity index is 1.70. The van der Waals surface area contributed by atoms with Crippen LogP contribution in [0.2, 0.25) is 0 Å². The fourth-order valence-corrected chi connectivity index (χ4v) is 2.54. The van der Waals surface area contributed by atoms with Gasteiger partial charge in [-0.3, -0.25) is 4.90 Å². The van der Waals surface area contributed by atoms with Crippen molar-refractivity contribution in [2.45, 2.75) is 39.3 Å². The quantitative estimate of drug-likeness (QED) is 0.859. The molecule has 1 aromatic carbocycles. The highest BCUT2D eigenvalue weighted by atomic mass is 15.1. The Kier molecular flexibility index (Phi) is 5.21. The van der Waals surface area contributed by atoms with Gasteiger partial charge in [0, 0.05) is 12.6 Å². The number of nitrogens with one attached hydrogen (secondary N) is 1. The van der Waals surface area contributed by atoms with Crippen LogP contribution in [0.25, 0.3) is 0 Å². The molecule has 1 aromatic rings. The summed E-state index contributed by atoms with van der Waals surface area (Å²) >= 11 is 0. The molecule has 18 heavy (non-hydrogen) atoms. The Bertz CT molecular complexity index is 326. The number of likely N-dealkylation sites (tertiary alicyclic amines) is 1. The van der Waals surface area contributed by atoms with Gasteiger partial charge < -0.3 is 5.32 Å². The zero-order valence-corrected chi connectivity index (χ0v) is 11.7. The zero-order valence-electron chi connectivity index (χ0n) is 11.7. The number of hydrogen-bond donors (Lipinski definition) is 1. The second-order valence-corrected chi connectivity index (χ2v) is 5.84. The maximum atomic E-state index is 3.68. The highest BCUT2D eigenvalue weighted by Gasteiger charge is 2.18. The Morgan fingerprint density at radius 3 is 2.44 bits per heavy atom. The molecule has 1 aliphatic heterocycles. The fraction of sp³-hybridized carbons (Fsp3) is 0.625. The van der Waals surface area contributed by atoms with Crippen molar-refractivity contribution < 1.29 is 0 Å². The average Bonchev–Trinajstić information content (AvgIpc) is 2.39. The van der Waals surface area contributed by atoms with E-state index in [-0.39, 0.29) is 0 Å². The van der Waals surface area contributed by atoms with Crippen molar-refractivity contribution in [2.24, 2.45) is 5.92 Å². The molecule has 0 aliphatic carbocycles. The van der Waals surface area contributed by atoms with E-state index in [1.54, 1.807) is 0 Å². The summed E-state index contributed by atoms with van der Waals surface area (Å²) in [5.74, 6) is 0.757. The van der Waals surface area contributed by atoms with E-state index in [1.165, 1.54) is 31.5 Å². The van der Waals surface area contributed by atoms with Gasteiger partial charge in [0.05, 0.1) is 0 Å². The summed E-state index contributed by atoms with van der Waals surface area (Å²) in [5.41, 5.74) is 1.44. The highest BCUT2D eigenvalue weighted by molar-refractivity contribution is 5.14. The Labute approximate surface area is 111 Å². The third-order valence-electron chi connectivity index (χ3n) is 3.65. The number of hydrogen-bond acceptors (Lipinski definition) is 2. The van der Waals surface area contributed by atoms with Crippen LogP contribution in [-0.4, -0.2) is 30.6 Å². The van der Waals surface area contributed by atoms with Gasteiger partial charge in [0.2, 0.25) is 0 Å². The largest absolute Gasteiger partial charge is 0.314 e. The van der Waals surface area contributed by atoms with E-state index in [4.69, 9.17) is 0 Å². The predicted octanol–water partition coefficient (Wildman–Crippen LogP) is 2.90. The number of piperidine rings is 1. The molecule has 1 saturated heterocycles. The third kappa shape index (κ3) is 4.43. The van der Waals surface area contributed by atoms with Crippen LogP contribution in [0.3, 0.4) is 0 Å². The van der Waals surface area contributed by atoms with Gasteiger partial charge in [0.15, 0.2) is 0 Å². The van der Waals surface area contributed by atoms with E-state index >= 15 is 0 Å². The van der Waals surface area contributed by atoms with Crippen molar-refractivity contribution >= 4 is 0 Å². The minimum atomic E-state index is 0.736. The Morgan fingerprint density at radius 1 is 1.17 bits per heavy atom. The lowest BCUT2D eigenvalue weighted by atomic mass is 10.0. The summed E-state index contributed by atoms with van der Waals surface area (Å²) in [4.78, 5) is 2.57. The molecule has 1 N–H and O–H groups in total. The van der Waals surface area contributed by atoms with Gasteiger partial charge >= 0.3 is 0 Å². The van der Waals surface area contributed by atoms with Crippen LogP contribution in [-0.2, 0) is 6.54 Å². The van der Waals surface area contributed by atoms with E-state index in [9.17, 15) is 0 Å². The number of benzene rings is 1. The van der Waals surface area contributed by atoms with Crippen molar-refractivity contribution in [1.82, 2.24) is 10.2 Å². The van der Waals surface area contributed by atoms with Crippen LogP contribution in [0.5, 0.6) is 0 Å². The van der Waals surface area contributed by atoms with Crippen molar-refractivity contribution in [3.63, 3.8) is 0 Å². The molecule has 0 spiro atoms. The monoisotopic (exact) mass is 246 g/mol. The van der Waals surface area contributed by atoms with Crippen LogP contribution < -0.4 is 5.32 Å². The van der Waals surface area contributed by atoms with Crippen LogP contribution in [0.4, 0.5) is 0 Å². The zero-order chi connectivity index (χ0) is 12.8. The lowest BCUT2D eigenvalue weighted by Gasteiger charge is -2.32. The number of rotatable bonds is 5. The minimum Gasteiger partial charge on any atom is -0.314 e. The smallest absolute Gasteiger partial charge is 0.0233 e. The molecule has 1 aliphatic rings. The van der Waals surface area contributed by atoms with Gasteiger partial charge in [-0.15, -0.1) is 0 Å². The summed E-state index contributed by atoms with van der Waals surface area (Å²) in [6.07, 6.45) is 2.58. The second-order valence-electron chi connectivity index (χ2n) is 5.84. The lowest BCUT2D eigenvalue weighted by molar-refractivity contribution is 0.189.